The smallest absolute Gasteiger partial charge is 0.324 e. The van der Waals surface area contributed by atoms with E-state index in [1.807, 2.05) is 0 Å². The average molecular weight is 440 g/mol. The number of hydrogen-bond acceptors (Lipinski definition) is 9. The van der Waals surface area contributed by atoms with Crippen LogP contribution in [0.5, 0.6) is 0 Å². The van der Waals surface area contributed by atoms with Crippen LogP contribution >= 0.6 is 23.1 Å². The van der Waals surface area contributed by atoms with E-state index in [9.17, 15) is 23.3 Å². The molecular formula is C15H13N5O5S3. The van der Waals surface area contributed by atoms with Crippen LogP contribution in [0.15, 0.2) is 35.2 Å². The minimum absolute atomic E-state index is 0.102. The van der Waals surface area contributed by atoms with Crippen LogP contribution in [0.25, 0.3) is 11.0 Å². The number of aromatic nitrogens is 2. The molecule has 2 aromatic heterocycles. The van der Waals surface area contributed by atoms with Gasteiger partial charge in [-0.15, -0.1) is 0 Å². The van der Waals surface area contributed by atoms with Crippen molar-refractivity contribution in [2.24, 2.45) is 0 Å². The fraction of sp³-hybridized carbons (Fsp3) is 0.267. The summed E-state index contributed by atoms with van der Waals surface area (Å²) in [5.74, 6) is -0.332. The van der Waals surface area contributed by atoms with Crippen LogP contribution in [-0.2, 0) is 10.0 Å². The maximum absolute atomic E-state index is 13.0. The number of rotatable bonds is 4. The van der Waals surface area contributed by atoms with Crippen molar-refractivity contribution in [3.8, 4) is 0 Å². The molecule has 13 heteroatoms. The molecule has 1 fully saturated rings. The van der Waals surface area contributed by atoms with Crippen molar-refractivity contribution >= 4 is 55.0 Å². The number of nitro groups is 1. The molecule has 146 valence electrons. The van der Waals surface area contributed by atoms with Crippen LogP contribution in [0.2, 0.25) is 0 Å². The van der Waals surface area contributed by atoms with E-state index in [1.54, 1.807) is 12.1 Å². The van der Waals surface area contributed by atoms with Crippen LogP contribution in [0.3, 0.4) is 0 Å². The molecule has 1 aliphatic heterocycles. The van der Waals surface area contributed by atoms with Gasteiger partial charge in [0, 0.05) is 32.2 Å². The Balaban J connectivity index is 1.49. The number of carbonyl (C=O) groups excluding carboxylic acids is 1. The summed E-state index contributed by atoms with van der Waals surface area (Å²) in [6.07, 6.45) is 0. The highest BCUT2D eigenvalue weighted by molar-refractivity contribution is 7.89. The molecule has 3 heterocycles. The molecule has 0 bridgehead atoms. The Morgan fingerprint density at radius 1 is 1.11 bits per heavy atom. The fourth-order valence-corrected chi connectivity index (χ4v) is 5.92. The van der Waals surface area contributed by atoms with Gasteiger partial charge in [0.1, 0.15) is 15.9 Å². The van der Waals surface area contributed by atoms with Gasteiger partial charge in [0.05, 0.1) is 21.5 Å². The van der Waals surface area contributed by atoms with Crippen molar-refractivity contribution in [3.63, 3.8) is 0 Å². The van der Waals surface area contributed by atoms with Gasteiger partial charge >= 0.3 is 5.00 Å². The van der Waals surface area contributed by atoms with Gasteiger partial charge < -0.3 is 4.90 Å². The van der Waals surface area contributed by atoms with E-state index >= 15 is 0 Å². The maximum atomic E-state index is 13.0. The lowest BCUT2D eigenvalue weighted by Crippen LogP contribution is -2.50. The molecular weight excluding hydrogens is 426 g/mol. The number of fused-ring (bicyclic) bond motifs is 1. The van der Waals surface area contributed by atoms with E-state index in [2.05, 4.69) is 8.75 Å². The Hall–Kier alpha value is -2.48. The van der Waals surface area contributed by atoms with Crippen molar-refractivity contribution in [2.75, 3.05) is 26.2 Å². The molecule has 3 aromatic rings. The molecule has 10 nitrogen and oxygen atoms in total. The van der Waals surface area contributed by atoms with Crippen molar-refractivity contribution in [3.05, 3.63) is 45.3 Å². The first kappa shape index (κ1) is 18.9. The van der Waals surface area contributed by atoms with E-state index in [0.717, 1.165) is 23.1 Å². The van der Waals surface area contributed by atoms with Crippen LogP contribution in [0.1, 0.15) is 9.67 Å². The van der Waals surface area contributed by atoms with Gasteiger partial charge in [0.25, 0.3) is 5.91 Å². The molecule has 0 unspecified atom stereocenters. The number of carbonyl (C=O) groups is 1. The topological polar surface area (TPSA) is 127 Å². The van der Waals surface area contributed by atoms with Crippen LogP contribution in [0, 0.1) is 10.1 Å². The fourth-order valence-electron chi connectivity index (χ4n) is 2.96. The van der Waals surface area contributed by atoms with E-state index in [-0.39, 0.29) is 46.9 Å². The number of piperazine rings is 1. The second-order valence-corrected chi connectivity index (χ2v) is 9.48. The van der Waals surface area contributed by atoms with Crippen LogP contribution < -0.4 is 0 Å². The van der Waals surface area contributed by atoms with Gasteiger partial charge in [-0.25, -0.2) is 8.42 Å². The summed E-state index contributed by atoms with van der Waals surface area (Å²) in [6.45, 7) is 0.676. The molecule has 0 atom stereocenters. The molecule has 4 rings (SSSR count). The Kier molecular flexibility index (Phi) is 4.82. The molecule has 1 aromatic carbocycles. The van der Waals surface area contributed by atoms with Gasteiger partial charge in [-0.3, -0.25) is 14.9 Å². The molecule has 28 heavy (non-hydrogen) atoms. The third-order valence-electron chi connectivity index (χ3n) is 4.38. The molecule has 0 aliphatic carbocycles. The third-order valence-corrected chi connectivity index (χ3v) is 7.87. The molecule has 0 radical (unpaired) electrons. The summed E-state index contributed by atoms with van der Waals surface area (Å²) in [6, 6.07) is 7.54. The summed E-state index contributed by atoms with van der Waals surface area (Å²) < 4.78 is 35.5. The largest absolute Gasteiger partial charge is 0.335 e. The second-order valence-electron chi connectivity index (χ2n) is 5.98. The normalized spacial score (nSPS) is 15.8. The van der Waals surface area contributed by atoms with E-state index in [0.29, 0.717) is 11.0 Å². The summed E-state index contributed by atoms with van der Waals surface area (Å²) in [5, 5.41) is 10.7. The first-order chi connectivity index (χ1) is 13.4. The minimum Gasteiger partial charge on any atom is -0.335 e. The lowest BCUT2D eigenvalue weighted by atomic mass is 10.3. The molecule has 1 saturated heterocycles. The zero-order valence-electron chi connectivity index (χ0n) is 14.2. The first-order valence-electron chi connectivity index (χ1n) is 8.13. The molecule has 0 saturated carbocycles. The second kappa shape index (κ2) is 7.16. The zero-order valence-corrected chi connectivity index (χ0v) is 16.7. The predicted molar refractivity (Wildman–Crippen MR) is 103 cm³/mol. The van der Waals surface area contributed by atoms with E-state index in [4.69, 9.17) is 0 Å². The van der Waals surface area contributed by atoms with Crippen molar-refractivity contribution in [1.29, 1.82) is 0 Å². The van der Waals surface area contributed by atoms with Crippen LogP contribution in [-0.4, -0.2) is 63.4 Å². The number of hydrogen-bond donors (Lipinski definition) is 0. The Morgan fingerprint density at radius 3 is 2.54 bits per heavy atom. The highest BCUT2D eigenvalue weighted by Gasteiger charge is 2.32. The summed E-state index contributed by atoms with van der Waals surface area (Å²) >= 11 is 1.77. The van der Waals surface area contributed by atoms with Crippen LogP contribution in [0.4, 0.5) is 5.00 Å². The Labute approximate surface area is 167 Å². The minimum atomic E-state index is -3.77. The van der Waals surface area contributed by atoms with Gasteiger partial charge in [-0.2, -0.15) is 13.1 Å². The van der Waals surface area contributed by atoms with Gasteiger partial charge in [0.15, 0.2) is 0 Å². The lowest BCUT2D eigenvalue weighted by molar-refractivity contribution is -0.380. The van der Waals surface area contributed by atoms with Gasteiger partial charge in [-0.05, 0) is 18.2 Å². The predicted octanol–water partition coefficient (Wildman–Crippen LogP) is 1.81. The number of amides is 1. The summed E-state index contributed by atoms with van der Waals surface area (Å²) in [5.41, 5.74) is 0.871. The number of nitrogens with zero attached hydrogens (tertiary/aromatic N) is 5. The Morgan fingerprint density at radius 2 is 1.86 bits per heavy atom. The number of benzene rings is 1. The van der Waals surface area contributed by atoms with E-state index in [1.165, 1.54) is 27.4 Å². The highest BCUT2D eigenvalue weighted by Crippen LogP contribution is 2.27. The van der Waals surface area contributed by atoms with Crippen molar-refractivity contribution in [1.82, 2.24) is 18.0 Å². The summed E-state index contributed by atoms with van der Waals surface area (Å²) in [4.78, 5) is 24.6. The quantitative estimate of drug-likeness (QED) is 0.448. The first-order valence-corrected chi connectivity index (χ1v) is 11.1. The van der Waals surface area contributed by atoms with Gasteiger partial charge in [-0.1, -0.05) is 17.4 Å². The van der Waals surface area contributed by atoms with Crippen molar-refractivity contribution in [2.45, 2.75) is 4.90 Å². The lowest BCUT2D eigenvalue weighted by Gasteiger charge is -2.33. The van der Waals surface area contributed by atoms with Gasteiger partial charge in [0.2, 0.25) is 10.0 Å². The standard InChI is InChI=1S/C15H13N5O5S3/c21-15(11-4-5-13(26-11)20(22)23)18-6-8-19(9-7-18)28(24,25)12-3-1-2-10-14(12)17-27-16-10/h1-5H,6-9H2. The molecule has 0 spiro atoms. The number of thiophene rings is 1. The number of sulfonamides is 1. The average Bonchev–Trinajstić information content (AvgIpc) is 3.36. The maximum Gasteiger partial charge on any atom is 0.324 e. The van der Waals surface area contributed by atoms with E-state index < -0.39 is 14.9 Å². The summed E-state index contributed by atoms with van der Waals surface area (Å²) in [7, 11) is -3.77. The zero-order chi connectivity index (χ0) is 19.9. The highest BCUT2D eigenvalue weighted by atomic mass is 32.2. The third kappa shape index (κ3) is 3.26. The van der Waals surface area contributed by atoms with Crippen molar-refractivity contribution < 1.29 is 18.1 Å². The SMILES string of the molecule is O=C(c1ccc([N+](=O)[O-])s1)N1CCN(S(=O)(=O)c2cccc3nsnc23)CC1. The Bertz CT molecular complexity index is 1160. The molecule has 1 aliphatic rings. The monoisotopic (exact) mass is 439 g/mol. The molecule has 0 N–H and O–H groups in total. The molecule has 1 amide bonds.